The molecule has 1 aliphatic carbocycles. The zero-order chi connectivity index (χ0) is 32.2. The van der Waals surface area contributed by atoms with Gasteiger partial charge in [-0.2, -0.15) is 17.6 Å². The largest absolute Gasteiger partial charge is 0.376 e. The normalized spacial score (nSPS) is 43.7. The minimum absolute atomic E-state index is 0.0242. The van der Waals surface area contributed by atoms with Crippen molar-refractivity contribution in [1.29, 1.82) is 0 Å². The van der Waals surface area contributed by atoms with Gasteiger partial charge < -0.3 is 37.9 Å². The summed E-state index contributed by atoms with van der Waals surface area (Å²) in [7, 11) is 0. The molecule has 0 aromatic rings. The van der Waals surface area contributed by atoms with Crippen LogP contribution in [0.1, 0.15) is 13.3 Å². The fourth-order valence-corrected chi connectivity index (χ4v) is 5.57. The van der Waals surface area contributed by atoms with Gasteiger partial charge in [0.25, 0.3) is 0 Å². The number of rotatable bonds is 19. The molecule has 10 atom stereocenters. The van der Waals surface area contributed by atoms with E-state index in [2.05, 4.69) is 4.74 Å². The van der Waals surface area contributed by atoms with Crippen LogP contribution in [0.3, 0.4) is 0 Å². The van der Waals surface area contributed by atoms with Crippen molar-refractivity contribution in [3.8, 4) is 0 Å². The van der Waals surface area contributed by atoms with Gasteiger partial charge in [0.2, 0.25) is 22.7 Å². The first kappa shape index (κ1) is 34.3. The lowest BCUT2D eigenvalue weighted by Gasteiger charge is -2.64. The second-order valence-electron chi connectivity index (χ2n) is 11.8. The summed E-state index contributed by atoms with van der Waals surface area (Å²) in [5.41, 5.74) is -27.4. The van der Waals surface area contributed by atoms with E-state index in [1.807, 2.05) is 0 Å². The molecule has 8 nitrogen and oxygen atoms in total. The van der Waals surface area contributed by atoms with Gasteiger partial charge in [0.1, 0.15) is 24.4 Å². The van der Waals surface area contributed by atoms with Gasteiger partial charge in [0.05, 0.1) is 79.3 Å². The first-order valence-electron chi connectivity index (χ1n) is 14.2. The molecule has 4 saturated heterocycles. The van der Waals surface area contributed by atoms with Crippen LogP contribution in [0.15, 0.2) is 0 Å². The quantitative estimate of drug-likeness (QED) is 0.154. The molecule has 10 unspecified atom stereocenters. The van der Waals surface area contributed by atoms with Gasteiger partial charge in [-0.05, 0) is 6.42 Å². The van der Waals surface area contributed by atoms with Crippen LogP contribution in [0.4, 0.5) is 43.9 Å². The highest BCUT2D eigenvalue weighted by atomic mass is 19.3. The molecule has 44 heavy (non-hydrogen) atoms. The van der Waals surface area contributed by atoms with Crippen LogP contribution in [0.2, 0.25) is 0 Å². The van der Waals surface area contributed by atoms with Crippen LogP contribution < -0.4 is 0 Å². The lowest BCUT2D eigenvalue weighted by molar-refractivity contribution is -0.446. The molecule has 1 saturated carbocycles. The van der Waals surface area contributed by atoms with E-state index in [0.717, 1.165) is 6.92 Å². The first-order chi connectivity index (χ1) is 20.5. The number of epoxide rings is 4. The Morgan fingerprint density at radius 3 is 1.48 bits per heavy atom. The highest BCUT2D eigenvalue weighted by molar-refractivity contribution is 5.40. The van der Waals surface area contributed by atoms with Crippen LogP contribution in [0.25, 0.3) is 0 Å². The molecule has 4 heterocycles. The van der Waals surface area contributed by atoms with Crippen molar-refractivity contribution >= 4 is 0 Å². The summed E-state index contributed by atoms with van der Waals surface area (Å²) < 4.78 is 204. The average Bonchev–Trinajstić information content (AvgIpc) is 3.78. The Morgan fingerprint density at radius 2 is 1.05 bits per heavy atom. The predicted octanol–water partition coefficient (Wildman–Crippen LogP) is 3.22. The molecule has 0 bridgehead atoms. The molecule has 0 N–H and O–H groups in total. The van der Waals surface area contributed by atoms with Crippen molar-refractivity contribution in [1.82, 2.24) is 0 Å². The highest BCUT2D eigenvalue weighted by Gasteiger charge is 3.01. The molecule has 0 radical (unpaired) electrons. The molecule has 0 aromatic carbocycles. The molecule has 0 aromatic heterocycles. The monoisotopic (exact) mass is 664 g/mol. The van der Waals surface area contributed by atoms with Crippen LogP contribution >= 0.6 is 0 Å². The van der Waals surface area contributed by atoms with Crippen LogP contribution in [0.5, 0.6) is 0 Å². The van der Waals surface area contributed by atoms with E-state index in [4.69, 9.17) is 33.2 Å². The molecule has 0 amide bonds. The maximum absolute atomic E-state index is 17.8. The predicted molar refractivity (Wildman–Crippen MR) is 127 cm³/mol. The maximum Gasteiger partial charge on any atom is 0.352 e. The molecule has 5 fully saturated rings. The minimum Gasteiger partial charge on any atom is -0.376 e. The van der Waals surface area contributed by atoms with Gasteiger partial charge in [-0.1, -0.05) is 6.92 Å². The van der Waals surface area contributed by atoms with Crippen molar-refractivity contribution < 1.29 is 81.8 Å². The van der Waals surface area contributed by atoms with Gasteiger partial charge >= 0.3 is 11.8 Å². The Morgan fingerprint density at radius 1 is 0.659 bits per heavy atom. The fraction of sp³-hybridized carbons (Fsp3) is 1.00. The molecule has 0 spiro atoms. The maximum atomic E-state index is 17.8. The first-order valence-corrected chi connectivity index (χ1v) is 14.2. The Bertz CT molecular complexity index is 1020. The number of halogens is 10. The summed E-state index contributed by atoms with van der Waals surface area (Å²) in [6.07, 6.45) is -8.47. The van der Waals surface area contributed by atoms with Crippen molar-refractivity contribution in [2.45, 2.75) is 84.1 Å². The molecule has 5 rings (SSSR count). The summed E-state index contributed by atoms with van der Waals surface area (Å²) >= 11 is 0. The standard InChI is InChI=1S/C26H34F10O8/c1-2-20(28,12-38-4-16-8-42-16)24(32)22(30,14-40-6-18-10-44-18)26(35,36)25(33,34)21(29,13-39-5-17-9-43-17)23(24,31)19(27)11-37-3-15-7-41-15/h15-19H,2-14H2,1H3. The van der Waals surface area contributed by atoms with E-state index in [0.29, 0.717) is 0 Å². The van der Waals surface area contributed by atoms with E-state index in [1.165, 1.54) is 0 Å². The summed E-state index contributed by atoms with van der Waals surface area (Å²) in [5, 5.41) is 0. The second-order valence-corrected chi connectivity index (χ2v) is 11.8. The Kier molecular flexibility index (Phi) is 9.28. The summed E-state index contributed by atoms with van der Waals surface area (Å²) in [4.78, 5) is 0. The molecular weight excluding hydrogens is 630 g/mol. The summed E-state index contributed by atoms with van der Waals surface area (Å²) in [6.45, 7) is -10.2. The van der Waals surface area contributed by atoms with Crippen LogP contribution in [-0.2, 0) is 37.9 Å². The van der Waals surface area contributed by atoms with Crippen molar-refractivity contribution in [3.05, 3.63) is 0 Å². The number of alkyl halides is 10. The van der Waals surface area contributed by atoms with Gasteiger partial charge in [-0.15, -0.1) is 0 Å². The Hall–Kier alpha value is -1.02. The number of ether oxygens (including phenoxy) is 8. The molecule has 256 valence electrons. The molecule has 5 aliphatic rings. The van der Waals surface area contributed by atoms with Crippen LogP contribution in [-0.4, -0.2) is 150 Å². The van der Waals surface area contributed by atoms with Gasteiger partial charge in [-0.25, -0.2) is 26.3 Å². The molecule has 18 heteroatoms. The fourth-order valence-electron chi connectivity index (χ4n) is 5.57. The smallest absolute Gasteiger partial charge is 0.352 e. The van der Waals surface area contributed by atoms with E-state index in [9.17, 15) is 0 Å². The van der Waals surface area contributed by atoms with Crippen molar-refractivity contribution in [2.24, 2.45) is 0 Å². The minimum atomic E-state index is -6.56. The van der Waals surface area contributed by atoms with Gasteiger partial charge in [0.15, 0.2) is 11.8 Å². The molecular formula is C26H34F10O8. The highest BCUT2D eigenvalue weighted by Crippen LogP contribution is 2.72. The Labute approximate surface area is 245 Å². The van der Waals surface area contributed by atoms with E-state index in [-0.39, 0.29) is 26.4 Å². The molecule has 4 aliphatic heterocycles. The third kappa shape index (κ3) is 5.42. The van der Waals surface area contributed by atoms with E-state index < -0.39 is 130 Å². The third-order valence-electron chi connectivity index (χ3n) is 8.64. The average molecular weight is 665 g/mol. The summed E-state index contributed by atoms with van der Waals surface area (Å²) in [6, 6.07) is 0. The van der Waals surface area contributed by atoms with Crippen molar-refractivity contribution in [3.63, 3.8) is 0 Å². The van der Waals surface area contributed by atoms with E-state index in [1.54, 1.807) is 0 Å². The third-order valence-corrected chi connectivity index (χ3v) is 8.64. The van der Waals surface area contributed by atoms with Crippen LogP contribution in [0, 0.1) is 0 Å². The zero-order valence-electron chi connectivity index (χ0n) is 23.6. The van der Waals surface area contributed by atoms with E-state index >= 15 is 43.9 Å². The lowest BCUT2D eigenvalue weighted by Crippen LogP contribution is -2.94. The zero-order valence-corrected chi connectivity index (χ0v) is 23.6. The topological polar surface area (TPSA) is 87.0 Å². The van der Waals surface area contributed by atoms with Crippen molar-refractivity contribution in [2.75, 3.05) is 79.3 Å². The number of hydrogen-bond donors (Lipinski definition) is 0. The van der Waals surface area contributed by atoms with Gasteiger partial charge in [0, 0.05) is 0 Å². The lowest BCUT2D eigenvalue weighted by atomic mass is 9.50. The Balaban J connectivity index is 1.64. The SMILES string of the molecule is CCC(F)(COCC1CO1)C1(F)C(F)(COCC2CO2)C(F)(F)C(F)(F)C(F)(COCC2CO2)C1(F)C(F)COCC1CO1. The second kappa shape index (κ2) is 11.9. The van der Waals surface area contributed by atoms with Gasteiger partial charge in [-0.3, -0.25) is 0 Å². The summed E-state index contributed by atoms with van der Waals surface area (Å²) in [5.74, 6) is -13.1. The number of hydrogen-bond acceptors (Lipinski definition) is 8.